The first-order valence-electron chi connectivity index (χ1n) is 23.3. The molecule has 0 aliphatic rings. The van der Waals surface area contributed by atoms with Crippen molar-refractivity contribution < 1.29 is 43.0 Å². The molecular formula is C48H87O9P. The minimum atomic E-state index is -4.53. The van der Waals surface area contributed by atoms with Crippen molar-refractivity contribution in [1.82, 2.24) is 0 Å². The van der Waals surface area contributed by atoms with Crippen LogP contribution in [0.5, 0.6) is 0 Å². The second kappa shape index (κ2) is 44.7. The molecule has 0 bridgehead atoms. The van der Waals surface area contributed by atoms with E-state index < -0.39 is 39.2 Å². The molecule has 3 atom stereocenters. The van der Waals surface area contributed by atoms with Crippen LogP contribution in [0.2, 0.25) is 0 Å². The van der Waals surface area contributed by atoms with E-state index in [1.165, 1.54) is 89.9 Å². The molecule has 3 N–H and O–H groups in total. The Balaban J connectivity index is 4.19. The molecule has 338 valence electrons. The van der Waals surface area contributed by atoms with Gasteiger partial charge in [-0.2, -0.15) is 0 Å². The molecule has 0 spiro atoms. The van der Waals surface area contributed by atoms with Crippen LogP contribution in [0.1, 0.15) is 194 Å². The van der Waals surface area contributed by atoms with E-state index >= 15 is 0 Å². The van der Waals surface area contributed by atoms with E-state index in [0.717, 1.165) is 77.0 Å². The van der Waals surface area contributed by atoms with Crippen LogP contribution in [0.25, 0.3) is 0 Å². The number of ether oxygens (including phenoxy) is 2. The molecule has 10 heteroatoms. The van der Waals surface area contributed by atoms with Gasteiger partial charge in [-0.05, 0) is 83.5 Å². The van der Waals surface area contributed by atoms with Gasteiger partial charge in [0.15, 0.2) is 0 Å². The highest BCUT2D eigenvalue weighted by atomic mass is 31.2. The number of carbonyl (C=O) groups excluding carboxylic acids is 1. The van der Waals surface area contributed by atoms with Crippen molar-refractivity contribution >= 4 is 13.8 Å². The van der Waals surface area contributed by atoms with E-state index in [4.69, 9.17) is 23.6 Å². The lowest BCUT2D eigenvalue weighted by molar-refractivity contribution is -0.154. The SMILES string of the molecule is CCCCC/C=C\C/C=C\CCCCCCCCOCC(COP(=O)(O)OCC(O)CO)OC(=O)CCCCCCCC/C=C\C/C=C\C/C=C\CCCCCCC. The third-order valence-electron chi connectivity index (χ3n) is 9.68. The van der Waals surface area contributed by atoms with Crippen molar-refractivity contribution in [2.45, 2.75) is 206 Å². The Morgan fingerprint density at radius 2 is 0.931 bits per heavy atom. The van der Waals surface area contributed by atoms with Gasteiger partial charge < -0.3 is 24.6 Å². The Labute approximate surface area is 355 Å². The molecule has 0 aliphatic heterocycles. The van der Waals surface area contributed by atoms with Crippen molar-refractivity contribution in [3.05, 3.63) is 60.8 Å². The second-order valence-electron chi connectivity index (χ2n) is 15.4. The third-order valence-corrected chi connectivity index (χ3v) is 10.6. The van der Waals surface area contributed by atoms with Crippen LogP contribution < -0.4 is 0 Å². The van der Waals surface area contributed by atoms with Gasteiger partial charge in [-0.1, -0.05) is 164 Å². The lowest BCUT2D eigenvalue weighted by atomic mass is 10.1. The van der Waals surface area contributed by atoms with Gasteiger partial charge in [0.05, 0.1) is 26.4 Å². The van der Waals surface area contributed by atoms with Crippen LogP contribution in [-0.2, 0) is 27.9 Å². The summed E-state index contributed by atoms with van der Waals surface area (Å²) in [6.07, 6.45) is 51.7. The highest BCUT2D eigenvalue weighted by molar-refractivity contribution is 7.47. The average Bonchev–Trinajstić information content (AvgIpc) is 3.21. The largest absolute Gasteiger partial charge is 0.472 e. The molecule has 0 rings (SSSR count). The molecule has 0 aromatic rings. The maximum Gasteiger partial charge on any atom is 0.472 e. The van der Waals surface area contributed by atoms with Crippen LogP contribution in [0.15, 0.2) is 60.8 Å². The summed E-state index contributed by atoms with van der Waals surface area (Å²) in [5.74, 6) is -0.400. The third kappa shape index (κ3) is 43.7. The second-order valence-corrected chi connectivity index (χ2v) is 16.9. The highest BCUT2D eigenvalue weighted by Crippen LogP contribution is 2.43. The molecule has 0 aliphatic carbocycles. The minimum Gasteiger partial charge on any atom is -0.457 e. The van der Waals surface area contributed by atoms with Crippen LogP contribution in [0.3, 0.4) is 0 Å². The molecular weight excluding hydrogens is 751 g/mol. The summed E-state index contributed by atoms with van der Waals surface area (Å²) in [5.41, 5.74) is 0. The molecule has 0 aromatic heterocycles. The van der Waals surface area contributed by atoms with Gasteiger partial charge in [0, 0.05) is 13.0 Å². The highest BCUT2D eigenvalue weighted by Gasteiger charge is 2.26. The fourth-order valence-electron chi connectivity index (χ4n) is 6.10. The van der Waals surface area contributed by atoms with E-state index in [0.29, 0.717) is 13.0 Å². The monoisotopic (exact) mass is 839 g/mol. The van der Waals surface area contributed by atoms with Crippen molar-refractivity contribution in [1.29, 1.82) is 0 Å². The average molecular weight is 839 g/mol. The van der Waals surface area contributed by atoms with Gasteiger partial charge in [0.1, 0.15) is 12.2 Å². The van der Waals surface area contributed by atoms with E-state index in [1.54, 1.807) is 0 Å². The Hall–Kier alpha value is -1.84. The maximum atomic E-state index is 12.6. The molecule has 0 fully saturated rings. The van der Waals surface area contributed by atoms with Gasteiger partial charge >= 0.3 is 13.8 Å². The lowest BCUT2D eigenvalue weighted by Gasteiger charge is -2.20. The van der Waals surface area contributed by atoms with E-state index in [1.807, 2.05) is 0 Å². The molecule has 0 saturated carbocycles. The predicted octanol–water partition coefficient (Wildman–Crippen LogP) is 13.1. The summed E-state index contributed by atoms with van der Waals surface area (Å²) in [6.45, 7) is 3.44. The van der Waals surface area contributed by atoms with E-state index in [9.17, 15) is 19.4 Å². The Bertz CT molecular complexity index is 1090. The number of hydrogen-bond donors (Lipinski definition) is 3. The number of phosphoric ester groups is 1. The first kappa shape index (κ1) is 56.2. The smallest absolute Gasteiger partial charge is 0.457 e. The number of allylic oxidation sites excluding steroid dienone is 10. The zero-order valence-corrected chi connectivity index (χ0v) is 37.9. The quantitative estimate of drug-likeness (QED) is 0.0237. The van der Waals surface area contributed by atoms with Crippen molar-refractivity contribution in [2.75, 3.05) is 33.0 Å². The molecule has 9 nitrogen and oxygen atoms in total. The van der Waals surface area contributed by atoms with Gasteiger partial charge in [0.25, 0.3) is 0 Å². The zero-order valence-electron chi connectivity index (χ0n) is 37.0. The number of esters is 1. The Kier molecular flexibility index (Phi) is 43.3. The minimum absolute atomic E-state index is 0.0344. The summed E-state index contributed by atoms with van der Waals surface area (Å²) in [4.78, 5) is 22.6. The standard InChI is InChI=1S/C48H87O9P/c1-3-5-7-9-11-13-15-17-19-21-22-23-24-25-26-28-30-32-34-36-38-40-48(51)57-47(45-56-58(52,53)55-43-46(50)42-49)44-54-41-39-37-35-33-31-29-27-20-18-16-14-12-10-8-6-4-2/h12,14-15,17-18,20-22,24-25,46-47,49-50H,3-11,13,16,19,23,26-45H2,1-2H3,(H,52,53)/b14-12-,17-15-,20-18-,22-21-,25-24-. The Morgan fingerprint density at radius 3 is 1.43 bits per heavy atom. The van der Waals surface area contributed by atoms with Crippen LogP contribution in [-0.4, -0.2) is 66.3 Å². The topological polar surface area (TPSA) is 132 Å². The van der Waals surface area contributed by atoms with Crippen molar-refractivity contribution in [3.63, 3.8) is 0 Å². The summed E-state index contributed by atoms with van der Waals surface area (Å²) in [6, 6.07) is 0. The fourth-order valence-corrected chi connectivity index (χ4v) is 6.89. The summed E-state index contributed by atoms with van der Waals surface area (Å²) < 4.78 is 33.4. The number of unbranched alkanes of at least 4 members (excludes halogenated alkanes) is 20. The van der Waals surface area contributed by atoms with Gasteiger partial charge in [-0.3, -0.25) is 13.8 Å². The molecule has 0 aromatic carbocycles. The summed E-state index contributed by atoms with van der Waals surface area (Å²) in [7, 11) is -4.53. The molecule has 0 amide bonds. The predicted molar refractivity (Wildman–Crippen MR) is 242 cm³/mol. The zero-order chi connectivity index (χ0) is 42.5. The molecule has 0 heterocycles. The fraction of sp³-hybridized carbons (Fsp3) is 0.771. The number of phosphoric acid groups is 1. The van der Waals surface area contributed by atoms with E-state index in [2.05, 4.69) is 74.6 Å². The van der Waals surface area contributed by atoms with Gasteiger partial charge in [-0.25, -0.2) is 4.57 Å². The van der Waals surface area contributed by atoms with Crippen LogP contribution >= 0.6 is 7.82 Å². The molecule has 58 heavy (non-hydrogen) atoms. The summed E-state index contributed by atoms with van der Waals surface area (Å²) >= 11 is 0. The van der Waals surface area contributed by atoms with Crippen LogP contribution in [0.4, 0.5) is 0 Å². The number of hydrogen-bond acceptors (Lipinski definition) is 8. The number of carbonyl (C=O) groups is 1. The van der Waals surface area contributed by atoms with Crippen molar-refractivity contribution in [3.8, 4) is 0 Å². The Morgan fingerprint density at radius 1 is 0.534 bits per heavy atom. The number of rotatable bonds is 44. The van der Waals surface area contributed by atoms with Gasteiger partial charge in [0.2, 0.25) is 0 Å². The molecule has 0 radical (unpaired) electrons. The van der Waals surface area contributed by atoms with Crippen LogP contribution in [0, 0.1) is 0 Å². The summed E-state index contributed by atoms with van der Waals surface area (Å²) in [5, 5.41) is 18.4. The van der Waals surface area contributed by atoms with Gasteiger partial charge in [-0.15, -0.1) is 0 Å². The first-order chi connectivity index (χ1) is 28.3. The number of aliphatic hydroxyl groups excluding tert-OH is 2. The molecule has 3 unspecified atom stereocenters. The van der Waals surface area contributed by atoms with E-state index in [-0.39, 0.29) is 19.6 Å². The maximum absolute atomic E-state index is 12.6. The lowest BCUT2D eigenvalue weighted by Crippen LogP contribution is -2.29. The normalized spacial score (nSPS) is 14.5. The first-order valence-corrected chi connectivity index (χ1v) is 24.8. The number of aliphatic hydroxyl groups is 2. The molecule has 0 saturated heterocycles. The van der Waals surface area contributed by atoms with Crippen molar-refractivity contribution in [2.24, 2.45) is 0 Å².